The van der Waals surface area contributed by atoms with Crippen molar-refractivity contribution in [2.45, 2.75) is 24.7 Å². The molecule has 1 aliphatic carbocycles. The Labute approximate surface area is 195 Å². The van der Waals surface area contributed by atoms with Gasteiger partial charge in [0.05, 0.1) is 30.2 Å². The molecule has 2 aromatic heterocycles. The smallest absolute Gasteiger partial charge is 0.340 e. The number of benzene rings is 2. The minimum Gasteiger partial charge on any atom is -0.465 e. The number of aromatic amines is 1. The zero-order valence-electron chi connectivity index (χ0n) is 18.5. The molecule has 8 heteroatoms. The molecule has 1 saturated carbocycles. The Hall–Kier alpha value is -4.51. The van der Waals surface area contributed by atoms with Crippen LogP contribution < -0.4 is 5.32 Å². The summed E-state index contributed by atoms with van der Waals surface area (Å²) in [5.41, 5.74) is 3.27. The van der Waals surface area contributed by atoms with Gasteiger partial charge in [0.15, 0.2) is 5.69 Å². The van der Waals surface area contributed by atoms with Crippen LogP contribution in [0.25, 0.3) is 15.9 Å². The Morgan fingerprint density at radius 3 is 2.65 bits per heavy atom. The maximum absolute atomic E-state index is 12.6. The van der Waals surface area contributed by atoms with E-state index in [-0.39, 0.29) is 11.3 Å². The Morgan fingerprint density at radius 2 is 1.97 bits per heavy atom. The van der Waals surface area contributed by atoms with Crippen molar-refractivity contribution < 1.29 is 14.3 Å². The number of amides is 1. The molecule has 2 aromatic carbocycles. The molecule has 0 radical (unpaired) electrons. The van der Waals surface area contributed by atoms with E-state index >= 15 is 0 Å². The Balaban J connectivity index is 1.42. The van der Waals surface area contributed by atoms with Gasteiger partial charge in [-0.1, -0.05) is 36.8 Å². The molecule has 168 valence electrons. The van der Waals surface area contributed by atoms with Crippen LogP contribution in [0.2, 0.25) is 0 Å². The van der Waals surface area contributed by atoms with Gasteiger partial charge in [0, 0.05) is 11.8 Å². The minimum absolute atomic E-state index is 0.322. The normalized spacial score (nSPS) is 14.1. The van der Waals surface area contributed by atoms with E-state index in [9.17, 15) is 9.59 Å². The lowest BCUT2D eigenvalue weighted by molar-refractivity contribution is 0.0602. The Kier molecular flexibility index (Phi) is 5.30. The first-order valence-electron chi connectivity index (χ1n) is 10.9. The maximum Gasteiger partial charge on any atom is 0.340 e. The highest BCUT2D eigenvalue weighted by atomic mass is 16.5. The molecule has 1 aliphatic rings. The molecular formula is C26H21N5O3. The van der Waals surface area contributed by atoms with Gasteiger partial charge < -0.3 is 15.0 Å². The van der Waals surface area contributed by atoms with Gasteiger partial charge in [-0.2, -0.15) is 0 Å². The minimum atomic E-state index is -0.421. The van der Waals surface area contributed by atoms with Gasteiger partial charge in [-0.25, -0.2) is 19.6 Å². The molecule has 2 N–H and O–H groups in total. The lowest BCUT2D eigenvalue weighted by atomic mass is 9.64. The summed E-state index contributed by atoms with van der Waals surface area (Å²) in [4.78, 5) is 40.7. The van der Waals surface area contributed by atoms with Crippen molar-refractivity contribution in [3.8, 4) is 0 Å². The summed E-state index contributed by atoms with van der Waals surface area (Å²) >= 11 is 0. The molecule has 0 atom stereocenters. The molecule has 34 heavy (non-hydrogen) atoms. The van der Waals surface area contributed by atoms with Gasteiger partial charge in [-0.15, -0.1) is 0 Å². The third-order valence-corrected chi connectivity index (χ3v) is 6.37. The molecule has 0 saturated heterocycles. The number of aromatic nitrogens is 3. The van der Waals surface area contributed by atoms with Crippen molar-refractivity contribution in [2.75, 3.05) is 12.4 Å². The fourth-order valence-corrected chi connectivity index (χ4v) is 4.38. The van der Waals surface area contributed by atoms with E-state index in [1.165, 1.54) is 7.11 Å². The highest BCUT2D eigenvalue weighted by Crippen LogP contribution is 2.48. The van der Waals surface area contributed by atoms with Crippen molar-refractivity contribution in [3.05, 3.63) is 94.7 Å². The van der Waals surface area contributed by atoms with Crippen molar-refractivity contribution in [3.63, 3.8) is 0 Å². The number of rotatable bonds is 5. The van der Waals surface area contributed by atoms with Gasteiger partial charge in [-0.05, 0) is 42.7 Å². The monoisotopic (exact) mass is 451 g/mol. The van der Waals surface area contributed by atoms with Gasteiger partial charge >= 0.3 is 5.97 Å². The largest absolute Gasteiger partial charge is 0.465 e. The van der Waals surface area contributed by atoms with Gasteiger partial charge in [0.1, 0.15) is 17.2 Å². The zero-order valence-corrected chi connectivity index (χ0v) is 18.5. The number of nitrogens with zero attached hydrogens (tertiary/aromatic N) is 3. The Morgan fingerprint density at radius 1 is 1.15 bits per heavy atom. The van der Waals surface area contributed by atoms with Crippen molar-refractivity contribution in [1.29, 1.82) is 0 Å². The van der Waals surface area contributed by atoms with Crippen molar-refractivity contribution >= 4 is 34.4 Å². The predicted octanol–water partition coefficient (Wildman–Crippen LogP) is 5.02. The van der Waals surface area contributed by atoms with Crippen LogP contribution in [0.4, 0.5) is 11.5 Å². The molecule has 8 nitrogen and oxygen atoms in total. The second kappa shape index (κ2) is 8.45. The van der Waals surface area contributed by atoms with Crippen LogP contribution in [-0.2, 0) is 10.2 Å². The molecule has 2 heterocycles. The maximum atomic E-state index is 12.6. The summed E-state index contributed by atoms with van der Waals surface area (Å²) in [6.45, 7) is 7.11. The van der Waals surface area contributed by atoms with Crippen LogP contribution in [0.5, 0.6) is 0 Å². The SMILES string of the molecule is [C-]#[N+]c1cccc(C(=O)Nc2ccc(C3(c4nc5c(C(=O)OC)cccc5[nH]4)CCC3)cn2)c1. The number of ether oxygens (including phenoxy) is 1. The number of hydrogen-bond donors (Lipinski definition) is 2. The molecule has 4 aromatic rings. The lowest BCUT2D eigenvalue weighted by Gasteiger charge is -2.40. The quantitative estimate of drug-likeness (QED) is 0.328. The molecule has 0 bridgehead atoms. The van der Waals surface area contributed by atoms with E-state index in [0.717, 1.165) is 36.2 Å². The van der Waals surface area contributed by atoms with Gasteiger partial charge in [-0.3, -0.25) is 4.79 Å². The van der Waals surface area contributed by atoms with Crippen LogP contribution in [0.3, 0.4) is 0 Å². The topological polar surface area (TPSA) is 101 Å². The number of pyridine rings is 1. The third kappa shape index (κ3) is 3.57. The lowest BCUT2D eigenvalue weighted by Crippen LogP contribution is -2.36. The van der Waals surface area contributed by atoms with E-state index in [2.05, 4.69) is 20.1 Å². The summed E-state index contributed by atoms with van der Waals surface area (Å²) in [6, 6.07) is 15.7. The molecular weight excluding hydrogens is 430 g/mol. The first kappa shape index (κ1) is 21.3. The number of carbonyl (C=O) groups excluding carboxylic acids is 2. The summed E-state index contributed by atoms with van der Waals surface area (Å²) in [7, 11) is 1.36. The zero-order chi connectivity index (χ0) is 23.7. The average Bonchev–Trinajstić information content (AvgIpc) is 3.28. The average molecular weight is 451 g/mol. The number of imidazole rings is 1. The number of H-pyrrole nitrogens is 1. The van der Waals surface area contributed by atoms with E-state index in [4.69, 9.17) is 16.3 Å². The van der Waals surface area contributed by atoms with E-state index < -0.39 is 5.97 Å². The van der Waals surface area contributed by atoms with Crippen LogP contribution in [0.1, 0.15) is 51.4 Å². The summed E-state index contributed by atoms with van der Waals surface area (Å²) in [5.74, 6) is 0.473. The van der Waals surface area contributed by atoms with Crippen molar-refractivity contribution in [2.24, 2.45) is 0 Å². The molecule has 0 spiro atoms. The second-order valence-electron chi connectivity index (χ2n) is 8.26. The van der Waals surface area contributed by atoms with E-state index in [1.54, 1.807) is 48.7 Å². The van der Waals surface area contributed by atoms with Gasteiger partial charge in [0.2, 0.25) is 0 Å². The first-order valence-corrected chi connectivity index (χ1v) is 10.9. The fraction of sp³-hybridized carbons (Fsp3) is 0.192. The molecule has 0 unspecified atom stereocenters. The second-order valence-corrected chi connectivity index (χ2v) is 8.26. The molecule has 1 amide bonds. The first-order chi connectivity index (χ1) is 16.5. The van der Waals surface area contributed by atoms with Crippen molar-refractivity contribution in [1.82, 2.24) is 15.0 Å². The Bertz CT molecular complexity index is 1450. The number of esters is 1. The third-order valence-electron chi connectivity index (χ3n) is 6.37. The van der Waals surface area contributed by atoms with Crippen LogP contribution >= 0.6 is 0 Å². The van der Waals surface area contributed by atoms with Gasteiger partial charge in [0.25, 0.3) is 5.91 Å². The van der Waals surface area contributed by atoms with Crippen LogP contribution in [0.15, 0.2) is 60.8 Å². The summed E-state index contributed by atoms with van der Waals surface area (Å²) in [5, 5.41) is 2.78. The predicted molar refractivity (Wildman–Crippen MR) is 127 cm³/mol. The number of para-hydroxylation sites is 1. The number of carbonyl (C=O) groups is 2. The standard InChI is InChI=1S/C26H21N5O3/c1-27-18-7-3-6-16(14-18)23(32)30-21-11-10-17(15-28-21)26(12-5-13-26)25-29-20-9-4-8-19(22(20)31-25)24(33)34-2/h3-4,6-11,14-15H,5,12-13H2,2H3,(H,29,31)(H,28,30,32). The fourth-order valence-electron chi connectivity index (χ4n) is 4.38. The summed E-state index contributed by atoms with van der Waals surface area (Å²) in [6.07, 6.45) is 4.61. The van der Waals surface area contributed by atoms with Crippen LogP contribution in [-0.4, -0.2) is 33.9 Å². The molecule has 1 fully saturated rings. The number of anilines is 1. The van der Waals surface area contributed by atoms with Crippen LogP contribution in [0, 0.1) is 6.57 Å². The number of nitrogens with one attached hydrogen (secondary N) is 2. The molecule has 5 rings (SSSR count). The highest BCUT2D eigenvalue weighted by molar-refractivity contribution is 6.04. The van der Waals surface area contributed by atoms with E-state index in [0.29, 0.717) is 28.1 Å². The highest BCUT2D eigenvalue weighted by Gasteiger charge is 2.43. The number of hydrogen-bond acceptors (Lipinski definition) is 5. The number of methoxy groups -OCH3 is 1. The molecule has 0 aliphatic heterocycles. The summed E-state index contributed by atoms with van der Waals surface area (Å²) < 4.78 is 4.90. The number of fused-ring (bicyclic) bond motifs is 1. The van der Waals surface area contributed by atoms with E-state index in [1.807, 2.05) is 12.1 Å².